The van der Waals surface area contributed by atoms with E-state index in [0.29, 0.717) is 5.88 Å². The zero-order valence-corrected chi connectivity index (χ0v) is 4.54. The van der Waals surface area contributed by atoms with E-state index in [-0.39, 0.29) is 11.7 Å². The van der Waals surface area contributed by atoms with Crippen LogP contribution in [0.4, 0.5) is 0 Å². The summed E-state index contributed by atoms with van der Waals surface area (Å²) < 4.78 is 4.70. The lowest BCUT2D eigenvalue weighted by Crippen LogP contribution is -1.85. The average Bonchev–Trinajstić information content (AvgIpc) is 2.19. The van der Waals surface area contributed by atoms with Crippen LogP contribution in [0.5, 0.6) is 0 Å². The van der Waals surface area contributed by atoms with Crippen molar-refractivity contribution in [3.8, 4) is 0 Å². The Morgan fingerprint density at radius 1 is 1.67 bits per heavy atom. The van der Waals surface area contributed by atoms with E-state index in [1.807, 2.05) is 0 Å². The predicted octanol–water partition coefficient (Wildman–Crippen LogP) is 1.19. The van der Waals surface area contributed by atoms with Gasteiger partial charge in [-0.2, -0.15) is 0 Å². The van der Waals surface area contributed by atoms with Gasteiger partial charge in [-0.3, -0.25) is 0 Å². The first-order chi connectivity index (χ1) is 2.84. The summed E-state index contributed by atoms with van der Waals surface area (Å²) in [6.07, 6.45) is 0.133. The van der Waals surface area contributed by atoms with Crippen molar-refractivity contribution < 1.29 is 4.74 Å². The molecule has 0 aromatic heterocycles. The van der Waals surface area contributed by atoms with Crippen molar-refractivity contribution in [2.24, 2.45) is 0 Å². The van der Waals surface area contributed by atoms with Crippen molar-refractivity contribution in [3.63, 3.8) is 0 Å². The molecular weight excluding hydrogens is 123 g/mol. The molecule has 1 rings (SSSR count). The molecule has 1 heterocycles. The molecule has 1 nitrogen and oxygen atoms in total. The molecule has 36 valence electrons. The van der Waals surface area contributed by atoms with E-state index in [1.54, 1.807) is 0 Å². The summed E-state index contributed by atoms with van der Waals surface area (Å²) in [4.78, 5) is 0. The molecule has 0 amide bonds. The third-order valence-corrected chi connectivity index (χ3v) is 1.36. The maximum absolute atomic E-state index is 5.35. The lowest BCUT2D eigenvalue weighted by molar-refractivity contribution is 0.413. The summed E-state index contributed by atoms with van der Waals surface area (Å²) in [5, 5.41) is 0. The Balaban J connectivity index is 2.09. The van der Waals surface area contributed by atoms with Gasteiger partial charge in [0, 0.05) is 0 Å². The maximum Gasteiger partial charge on any atom is 0.159 e. The highest BCUT2D eigenvalue weighted by Gasteiger charge is 2.35. The third-order valence-electron chi connectivity index (χ3n) is 0.673. The molecule has 0 bridgehead atoms. The van der Waals surface area contributed by atoms with Crippen molar-refractivity contribution in [2.45, 2.75) is 11.7 Å². The summed E-state index contributed by atoms with van der Waals surface area (Å²) in [5.41, 5.74) is -0.0949. The van der Waals surface area contributed by atoms with Gasteiger partial charge in [-0.15, -0.1) is 11.6 Å². The second-order valence-electron chi connectivity index (χ2n) is 1.18. The van der Waals surface area contributed by atoms with Crippen LogP contribution in [0.15, 0.2) is 0 Å². The first kappa shape index (κ1) is 4.69. The molecule has 0 aromatic carbocycles. The number of ether oxygens (including phenoxy) is 1. The Bertz CT molecular complexity index is 54.8. The SMILES string of the molecule is ClC[C@H]1O[C@H]1Cl. The second kappa shape index (κ2) is 1.57. The van der Waals surface area contributed by atoms with E-state index in [1.165, 1.54) is 0 Å². The van der Waals surface area contributed by atoms with Gasteiger partial charge < -0.3 is 4.74 Å². The number of hydrogen-bond acceptors (Lipinski definition) is 1. The van der Waals surface area contributed by atoms with Gasteiger partial charge in [-0.05, 0) is 0 Å². The van der Waals surface area contributed by atoms with E-state index < -0.39 is 0 Å². The highest BCUT2D eigenvalue weighted by atomic mass is 35.5. The molecule has 6 heavy (non-hydrogen) atoms. The van der Waals surface area contributed by atoms with Crippen LogP contribution in [-0.2, 0) is 4.74 Å². The molecule has 0 aromatic rings. The van der Waals surface area contributed by atoms with Crippen LogP contribution >= 0.6 is 23.2 Å². The summed E-state index contributed by atoms with van der Waals surface area (Å²) in [6.45, 7) is 0. The molecular formula is C3H4Cl2O. The van der Waals surface area contributed by atoms with Crippen LogP contribution in [-0.4, -0.2) is 17.5 Å². The number of rotatable bonds is 1. The quantitative estimate of drug-likeness (QED) is 0.380. The fraction of sp³-hybridized carbons (Fsp3) is 1.00. The minimum atomic E-state index is -0.0949. The van der Waals surface area contributed by atoms with Crippen molar-refractivity contribution in [1.82, 2.24) is 0 Å². The van der Waals surface area contributed by atoms with Crippen LogP contribution in [0.3, 0.4) is 0 Å². The third kappa shape index (κ3) is 0.780. The maximum atomic E-state index is 5.35. The van der Waals surface area contributed by atoms with Gasteiger partial charge in [-0.25, -0.2) is 0 Å². The molecule has 0 radical (unpaired) electrons. The standard InChI is InChI=1S/C3H4Cl2O/c4-1-2-3(5)6-2/h2-3H,1H2/t2-,3-/m1/s1. The van der Waals surface area contributed by atoms with Gasteiger partial charge >= 0.3 is 0 Å². The Morgan fingerprint density at radius 2 is 2.17 bits per heavy atom. The van der Waals surface area contributed by atoms with Crippen LogP contribution in [0.25, 0.3) is 0 Å². The molecule has 1 aliphatic heterocycles. The van der Waals surface area contributed by atoms with Gasteiger partial charge in [0.25, 0.3) is 0 Å². The fourth-order valence-corrected chi connectivity index (χ4v) is 0.775. The molecule has 0 unspecified atom stereocenters. The molecule has 2 atom stereocenters. The molecule has 3 heteroatoms. The molecule has 1 fully saturated rings. The van der Waals surface area contributed by atoms with Crippen LogP contribution in [0.2, 0.25) is 0 Å². The minimum Gasteiger partial charge on any atom is -0.351 e. The monoisotopic (exact) mass is 126 g/mol. The summed E-state index contributed by atoms with van der Waals surface area (Å²) in [7, 11) is 0. The van der Waals surface area contributed by atoms with E-state index in [0.717, 1.165) is 0 Å². The van der Waals surface area contributed by atoms with Crippen LogP contribution < -0.4 is 0 Å². The number of alkyl halides is 2. The van der Waals surface area contributed by atoms with E-state index >= 15 is 0 Å². The fourth-order valence-electron chi connectivity index (χ4n) is 0.228. The van der Waals surface area contributed by atoms with Crippen LogP contribution in [0, 0.1) is 0 Å². The zero-order chi connectivity index (χ0) is 4.57. The van der Waals surface area contributed by atoms with E-state index in [9.17, 15) is 0 Å². The topological polar surface area (TPSA) is 12.5 Å². The number of hydrogen-bond donors (Lipinski definition) is 0. The highest BCUT2D eigenvalue weighted by Crippen LogP contribution is 2.25. The lowest BCUT2D eigenvalue weighted by Gasteiger charge is -1.68. The van der Waals surface area contributed by atoms with Gasteiger partial charge in [0.05, 0.1) is 5.88 Å². The largest absolute Gasteiger partial charge is 0.351 e. The van der Waals surface area contributed by atoms with Gasteiger partial charge in [0.1, 0.15) is 6.10 Å². The Kier molecular flexibility index (Phi) is 1.22. The Morgan fingerprint density at radius 3 is 2.17 bits per heavy atom. The van der Waals surface area contributed by atoms with Gasteiger partial charge in [0.15, 0.2) is 5.56 Å². The van der Waals surface area contributed by atoms with Crippen LogP contribution in [0.1, 0.15) is 0 Å². The van der Waals surface area contributed by atoms with Crippen molar-refractivity contribution in [1.29, 1.82) is 0 Å². The van der Waals surface area contributed by atoms with E-state index in [4.69, 9.17) is 27.9 Å². The van der Waals surface area contributed by atoms with Gasteiger partial charge in [0.2, 0.25) is 0 Å². The molecule has 0 saturated carbocycles. The predicted molar refractivity (Wildman–Crippen MR) is 25.2 cm³/mol. The first-order valence-electron chi connectivity index (χ1n) is 1.70. The summed E-state index contributed by atoms with van der Waals surface area (Å²) in [5.74, 6) is 0.522. The average molecular weight is 127 g/mol. The molecule has 0 spiro atoms. The highest BCUT2D eigenvalue weighted by molar-refractivity contribution is 6.23. The number of halogens is 2. The molecule has 0 aliphatic carbocycles. The Hall–Kier alpha value is 0.540. The zero-order valence-electron chi connectivity index (χ0n) is 3.03. The first-order valence-corrected chi connectivity index (χ1v) is 2.67. The minimum absolute atomic E-state index is 0.0949. The normalized spacial score (nSPS) is 43.0. The van der Waals surface area contributed by atoms with Crippen molar-refractivity contribution in [2.75, 3.05) is 5.88 Å². The smallest absolute Gasteiger partial charge is 0.159 e. The number of epoxide rings is 1. The van der Waals surface area contributed by atoms with Gasteiger partial charge in [-0.1, -0.05) is 11.6 Å². The summed E-state index contributed by atoms with van der Waals surface area (Å²) >= 11 is 10.6. The summed E-state index contributed by atoms with van der Waals surface area (Å²) in [6, 6.07) is 0. The second-order valence-corrected chi connectivity index (χ2v) is 1.92. The van der Waals surface area contributed by atoms with Crippen molar-refractivity contribution in [3.05, 3.63) is 0 Å². The molecule has 1 saturated heterocycles. The van der Waals surface area contributed by atoms with Crippen molar-refractivity contribution >= 4 is 23.2 Å². The molecule has 1 aliphatic rings. The molecule has 0 N–H and O–H groups in total. The van der Waals surface area contributed by atoms with E-state index in [2.05, 4.69) is 0 Å². The lowest BCUT2D eigenvalue weighted by atomic mass is 10.6. The Labute approximate surface area is 46.2 Å².